The van der Waals surface area contributed by atoms with Crippen molar-refractivity contribution in [3.8, 4) is 0 Å². The van der Waals surface area contributed by atoms with Gasteiger partial charge in [0.15, 0.2) is 0 Å². The molecule has 1 unspecified atom stereocenters. The van der Waals surface area contributed by atoms with Crippen LogP contribution in [0.15, 0.2) is 0 Å². The van der Waals surface area contributed by atoms with E-state index in [1.54, 1.807) is 0 Å². The molecule has 0 aromatic carbocycles. The van der Waals surface area contributed by atoms with Gasteiger partial charge in [0.25, 0.3) is 0 Å². The van der Waals surface area contributed by atoms with E-state index in [-0.39, 0.29) is 12.4 Å². The van der Waals surface area contributed by atoms with E-state index in [9.17, 15) is 0 Å². The number of hydrogen-bond donors (Lipinski definition) is 1. The van der Waals surface area contributed by atoms with Gasteiger partial charge in [0.2, 0.25) is 0 Å². The Hall–Kier alpha value is 0.540. The maximum absolute atomic E-state index is 5.73. The van der Waals surface area contributed by atoms with Crippen LogP contribution in [0.5, 0.6) is 0 Å². The normalized spacial score (nSPS) is 39.2. The summed E-state index contributed by atoms with van der Waals surface area (Å²) in [6.07, 6.45) is 6.87. The largest absolute Gasteiger partial charge is 0.311 e. The third kappa shape index (κ3) is 2.07. The second-order valence-electron chi connectivity index (χ2n) is 3.86. The molecule has 3 heteroatoms. The second kappa shape index (κ2) is 4.69. The summed E-state index contributed by atoms with van der Waals surface area (Å²) in [6, 6.07) is 1.58. The molecular formula is C9H17Cl2N. The van der Waals surface area contributed by atoms with E-state index in [1.165, 1.54) is 32.1 Å². The topological polar surface area (TPSA) is 12.0 Å². The third-order valence-corrected chi connectivity index (χ3v) is 3.43. The van der Waals surface area contributed by atoms with Crippen molar-refractivity contribution in [2.75, 3.05) is 5.88 Å². The smallest absolute Gasteiger partial charge is 0.0238 e. The second-order valence-corrected chi connectivity index (χ2v) is 4.24. The Morgan fingerprint density at radius 3 is 2.25 bits per heavy atom. The molecule has 1 nitrogen and oxygen atoms in total. The van der Waals surface area contributed by atoms with Gasteiger partial charge >= 0.3 is 0 Å². The molecule has 2 bridgehead atoms. The first kappa shape index (κ1) is 10.6. The molecule has 2 aliphatic heterocycles. The molecule has 3 rings (SSSR count). The van der Waals surface area contributed by atoms with E-state index < -0.39 is 0 Å². The van der Waals surface area contributed by atoms with Crippen molar-refractivity contribution in [1.82, 2.24) is 5.32 Å². The van der Waals surface area contributed by atoms with E-state index in [0.29, 0.717) is 0 Å². The van der Waals surface area contributed by atoms with Crippen LogP contribution in [-0.4, -0.2) is 18.0 Å². The standard InChI is InChI=1S/C9H16ClN.ClH/c10-6-5-9-7-1-3-8(11-9)4-2-7;/h7-9,11H,1-6H2;1H. The highest BCUT2D eigenvalue weighted by molar-refractivity contribution is 6.17. The van der Waals surface area contributed by atoms with Gasteiger partial charge in [-0.1, -0.05) is 0 Å². The minimum absolute atomic E-state index is 0. The fourth-order valence-corrected chi connectivity index (χ4v) is 2.80. The van der Waals surface area contributed by atoms with E-state index >= 15 is 0 Å². The number of alkyl halides is 1. The first-order valence-electron chi connectivity index (χ1n) is 4.72. The zero-order chi connectivity index (χ0) is 7.68. The summed E-state index contributed by atoms with van der Waals surface area (Å²) in [4.78, 5) is 0. The zero-order valence-electron chi connectivity index (χ0n) is 7.26. The van der Waals surface area contributed by atoms with Crippen LogP contribution in [0.3, 0.4) is 0 Å². The molecule has 0 aromatic rings. The van der Waals surface area contributed by atoms with Crippen LogP contribution in [0.4, 0.5) is 0 Å². The van der Waals surface area contributed by atoms with Crippen LogP contribution in [0, 0.1) is 5.92 Å². The highest BCUT2D eigenvalue weighted by Gasteiger charge is 2.33. The molecule has 3 aliphatic rings. The molecule has 2 saturated heterocycles. The van der Waals surface area contributed by atoms with Gasteiger partial charge in [-0.15, -0.1) is 24.0 Å². The van der Waals surface area contributed by atoms with Crippen LogP contribution in [0.1, 0.15) is 32.1 Å². The summed E-state index contributed by atoms with van der Waals surface area (Å²) in [7, 11) is 0. The summed E-state index contributed by atoms with van der Waals surface area (Å²) in [5, 5.41) is 3.67. The summed E-state index contributed by atoms with van der Waals surface area (Å²) in [5.41, 5.74) is 0. The molecule has 0 amide bonds. The Morgan fingerprint density at radius 2 is 1.83 bits per heavy atom. The minimum Gasteiger partial charge on any atom is -0.311 e. The molecule has 1 saturated carbocycles. The van der Waals surface area contributed by atoms with Gasteiger partial charge in [-0.05, 0) is 38.0 Å². The summed E-state index contributed by atoms with van der Waals surface area (Å²) < 4.78 is 0. The lowest BCUT2D eigenvalue weighted by Crippen LogP contribution is -2.52. The number of rotatable bonds is 2. The van der Waals surface area contributed by atoms with Crippen molar-refractivity contribution < 1.29 is 0 Å². The summed E-state index contributed by atoms with van der Waals surface area (Å²) >= 11 is 5.73. The monoisotopic (exact) mass is 209 g/mol. The molecule has 72 valence electrons. The number of piperidine rings is 2. The Labute approximate surface area is 85.7 Å². The Balaban J connectivity index is 0.000000720. The van der Waals surface area contributed by atoms with Crippen LogP contribution in [-0.2, 0) is 0 Å². The van der Waals surface area contributed by atoms with Crippen molar-refractivity contribution in [1.29, 1.82) is 0 Å². The fourth-order valence-electron chi connectivity index (χ4n) is 2.56. The lowest BCUT2D eigenvalue weighted by atomic mass is 9.75. The van der Waals surface area contributed by atoms with Gasteiger partial charge < -0.3 is 5.32 Å². The van der Waals surface area contributed by atoms with Gasteiger partial charge in [-0.25, -0.2) is 0 Å². The lowest BCUT2D eigenvalue weighted by Gasteiger charge is -2.43. The summed E-state index contributed by atoms with van der Waals surface area (Å²) in [6.45, 7) is 0. The van der Waals surface area contributed by atoms with Gasteiger partial charge in [0.05, 0.1) is 0 Å². The SMILES string of the molecule is Cl.ClCCC1NC2CCC1CC2. The summed E-state index contributed by atoms with van der Waals surface area (Å²) in [5.74, 6) is 1.76. The van der Waals surface area contributed by atoms with E-state index in [1.807, 2.05) is 0 Å². The number of fused-ring (bicyclic) bond motifs is 3. The van der Waals surface area contributed by atoms with Gasteiger partial charge in [0.1, 0.15) is 0 Å². The number of nitrogens with one attached hydrogen (secondary N) is 1. The number of halogens is 2. The quantitative estimate of drug-likeness (QED) is 0.690. The predicted molar refractivity (Wildman–Crippen MR) is 55.3 cm³/mol. The maximum Gasteiger partial charge on any atom is 0.0238 e. The Bertz CT molecular complexity index is 132. The lowest BCUT2D eigenvalue weighted by molar-refractivity contribution is 0.146. The molecule has 0 radical (unpaired) electrons. The Morgan fingerprint density at radius 1 is 1.17 bits per heavy atom. The highest BCUT2D eigenvalue weighted by atomic mass is 35.5. The average Bonchev–Trinajstić information content (AvgIpc) is 2.07. The molecule has 1 atom stereocenters. The maximum atomic E-state index is 5.73. The van der Waals surface area contributed by atoms with Crippen molar-refractivity contribution in [3.63, 3.8) is 0 Å². The van der Waals surface area contributed by atoms with Gasteiger partial charge in [-0.2, -0.15) is 0 Å². The Kier molecular flexibility index (Phi) is 4.15. The van der Waals surface area contributed by atoms with Gasteiger partial charge in [0, 0.05) is 18.0 Å². The molecular weight excluding hydrogens is 193 g/mol. The molecule has 0 spiro atoms. The predicted octanol–water partition coefficient (Wildman–Crippen LogP) is 2.57. The number of hydrogen-bond acceptors (Lipinski definition) is 1. The van der Waals surface area contributed by atoms with Crippen molar-refractivity contribution in [3.05, 3.63) is 0 Å². The molecule has 0 aromatic heterocycles. The van der Waals surface area contributed by atoms with E-state index in [4.69, 9.17) is 11.6 Å². The third-order valence-electron chi connectivity index (χ3n) is 3.21. The fraction of sp³-hybridized carbons (Fsp3) is 1.00. The molecule has 3 fully saturated rings. The zero-order valence-corrected chi connectivity index (χ0v) is 8.83. The van der Waals surface area contributed by atoms with Crippen molar-refractivity contribution in [2.24, 2.45) is 5.92 Å². The average molecular weight is 210 g/mol. The van der Waals surface area contributed by atoms with Crippen LogP contribution >= 0.6 is 24.0 Å². The molecule has 1 aliphatic carbocycles. The van der Waals surface area contributed by atoms with E-state index in [0.717, 1.165) is 23.9 Å². The van der Waals surface area contributed by atoms with Crippen molar-refractivity contribution in [2.45, 2.75) is 44.2 Å². The first-order valence-corrected chi connectivity index (χ1v) is 5.25. The molecule has 2 heterocycles. The molecule has 12 heavy (non-hydrogen) atoms. The van der Waals surface area contributed by atoms with Crippen LogP contribution < -0.4 is 5.32 Å². The van der Waals surface area contributed by atoms with Crippen LogP contribution in [0.2, 0.25) is 0 Å². The first-order chi connectivity index (χ1) is 5.40. The van der Waals surface area contributed by atoms with Crippen molar-refractivity contribution >= 4 is 24.0 Å². The minimum atomic E-state index is 0. The van der Waals surface area contributed by atoms with Gasteiger partial charge in [-0.3, -0.25) is 0 Å². The van der Waals surface area contributed by atoms with E-state index in [2.05, 4.69) is 5.32 Å². The highest BCUT2D eigenvalue weighted by Crippen LogP contribution is 2.34. The van der Waals surface area contributed by atoms with Crippen LogP contribution in [0.25, 0.3) is 0 Å². The molecule has 1 N–H and O–H groups in total.